The first-order valence-electron chi connectivity index (χ1n) is 6.93. The Balaban J connectivity index is 1.80. The van der Waals surface area contributed by atoms with Gasteiger partial charge in [0.15, 0.2) is 6.10 Å². The van der Waals surface area contributed by atoms with E-state index in [1.165, 1.54) is 12.1 Å². The smallest absolute Gasteiger partial charge is 0.371 e. The van der Waals surface area contributed by atoms with Crippen molar-refractivity contribution in [1.82, 2.24) is 5.32 Å². The third kappa shape index (κ3) is 4.58. The minimum Gasteiger partial charge on any atom is -0.490 e. The zero-order valence-electron chi connectivity index (χ0n) is 12.5. The lowest BCUT2D eigenvalue weighted by atomic mass is 10.2. The molecule has 1 aromatic carbocycles. The van der Waals surface area contributed by atoms with Crippen molar-refractivity contribution >= 4 is 11.9 Å². The van der Waals surface area contributed by atoms with E-state index in [0.29, 0.717) is 5.75 Å². The Morgan fingerprint density at radius 3 is 2.65 bits per heavy atom. The summed E-state index contributed by atoms with van der Waals surface area (Å²) in [7, 11) is 0. The molecule has 7 heteroatoms. The van der Waals surface area contributed by atoms with Gasteiger partial charge in [-0.05, 0) is 30.7 Å². The second kappa shape index (κ2) is 7.46. The molecule has 0 bridgehead atoms. The molecule has 0 saturated carbocycles. The molecule has 3 N–H and O–H groups in total. The van der Waals surface area contributed by atoms with E-state index in [1.807, 2.05) is 19.1 Å². The van der Waals surface area contributed by atoms with Crippen LogP contribution in [0.25, 0.3) is 0 Å². The van der Waals surface area contributed by atoms with E-state index in [1.54, 1.807) is 12.1 Å². The van der Waals surface area contributed by atoms with Crippen molar-refractivity contribution < 1.29 is 29.0 Å². The van der Waals surface area contributed by atoms with Crippen molar-refractivity contribution in [2.75, 3.05) is 6.61 Å². The van der Waals surface area contributed by atoms with Gasteiger partial charge in [-0.1, -0.05) is 18.2 Å². The van der Waals surface area contributed by atoms with Crippen LogP contribution in [0.4, 0.5) is 0 Å². The molecule has 0 saturated heterocycles. The van der Waals surface area contributed by atoms with Crippen LogP contribution in [-0.2, 0) is 11.3 Å². The highest BCUT2D eigenvalue weighted by Gasteiger charge is 2.17. The number of ether oxygens (including phenoxy) is 1. The van der Waals surface area contributed by atoms with E-state index in [-0.39, 0.29) is 24.7 Å². The molecule has 1 aromatic heterocycles. The summed E-state index contributed by atoms with van der Waals surface area (Å²) in [6.45, 7) is 1.65. The molecule has 122 valence electrons. The molecular formula is C16H17NO6. The summed E-state index contributed by atoms with van der Waals surface area (Å²) in [5.74, 6) is -1.15. The van der Waals surface area contributed by atoms with Crippen molar-refractivity contribution in [3.63, 3.8) is 0 Å². The van der Waals surface area contributed by atoms with E-state index in [0.717, 1.165) is 5.56 Å². The molecule has 1 atom stereocenters. The van der Waals surface area contributed by atoms with E-state index in [9.17, 15) is 14.7 Å². The largest absolute Gasteiger partial charge is 0.490 e. The Hall–Kier alpha value is -2.80. The number of nitrogens with one attached hydrogen (secondary N) is 1. The number of aliphatic hydroxyl groups excluding tert-OH is 1. The Morgan fingerprint density at radius 2 is 2.00 bits per heavy atom. The molecule has 2 aromatic rings. The summed E-state index contributed by atoms with van der Waals surface area (Å²) in [5.41, 5.74) is 0.900. The van der Waals surface area contributed by atoms with E-state index in [4.69, 9.17) is 14.3 Å². The van der Waals surface area contributed by atoms with E-state index in [2.05, 4.69) is 5.32 Å². The Bertz CT molecular complexity index is 693. The summed E-state index contributed by atoms with van der Waals surface area (Å²) in [6, 6.07) is 10.0. The van der Waals surface area contributed by atoms with Gasteiger partial charge in [0.1, 0.15) is 18.1 Å². The third-order valence-corrected chi connectivity index (χ3v) is 3.10. The highest BCUT2D eigenvalue weighted by molar-refractivity contribution is 5.84. The van der Waals surface area contributed by atoms with Crippen molar-refractivity contribution in [2.24, 2.45) is 0 Å². The Morgan fingerprint density at radius 1 is 1.26 bits per heavy atom. The van der Waals surface area contributed by atoms with Crippen LogP contribution >= 0.6 is 0 Å². The number of carbonyl (C=O) groups is 2. The maximum Gasteiger partial charge on any atom is 0.371 e. The Labute approximate surface area is 132 Å². The number of hydrogen-bond acceptors (Lipinski definition) is 5. The topological polar surface area (TPSA) is 109 Å². The predicted octanol–water partition coefficient (Wildman–Crippen LogP) is 1.34. The van der Waals surface area contributed by atoms with Crippen LogP contribution in [-0.4, -0.2) is 34.8 Å². The van der Waals surface area contributed by atoms with E-state index >= 15 is 0 Å². The fourth-order valence-electron chi connectivity index (χ4n) is 1.84. The summed E-state index contributed by atoms with van der Waals surface area (Å²) in [4.78, 5) is 22.4. The minimum absolute atomic E-state index is 0.0203. The minimum atomic E-state index is -1.34. The van der Waals surface area contributed by atoms with Gasteiger partial charge in [0, 0.05) is 0 Å². The lowest BCUT2D eigenvalue weighted by Crippen LogP contribution is -2.37. The number of hydrogen-bond donors (Lipinski definition) is 3. The predicted molar refractivity (Wildman–Crippen MR) is 80.2 cm³/mol. The van der Waals surface area contributed by atoms with Gasteiger partial charge in [-0.15, -0.1) is 0 Å². The van der Waals surface area contributed by atoms with Gasteiger partial charge in [0.2, 0.25) is 5.76 Å². The second-order valence-corrected chi connectivity index (χ2v) is 4.88. The van der Waals surface area contributed by atoms with Crippen LogP contribution in [0.2, 0.25) is 0 Å². The molecule has 0 fully saturated rings. The molecule has 0 aliphatic heterocycles. The summed E-state index contributed by atoms with van der Waals surface area (Å²) < 4.78 is 10.4. The van der Waals surface area contributed by atoms with Crippen LogP contribution in [0.15, 0.2) is 40.8 Å². The number of aliphatic hydroxyl groups is 1. The number of carboxylic acids is 1. The molecule has 1 amide bonds. The van der Waals surface area contributed by atoms with Crippen LogP contribution in [0, 0.1) is 6.92 Å². The van der Waals surface area contributed by atoms with Crippen molar-refractivity contribution in [3.8, 4) is 5.75 Å². The van der Waals surface area contributed by atoms with Crippen molar-refractivity contribution in [3.05, 3.63) is 53.5 Å². The van der Waals surface area contributed by atoms with Gasteiger partial charge in [-0.3, -0.25) is 4.79 Å². The molecule has 2 rings (SSSR count). The maximum absolute atomic E-state index is 11.8. The fourth-order valence-corrected chi connectivity index (χ4v) is 1.84. The molecule has 0 radical (unpaired) electrons. The van der Waals surface area contributed by atoms with E-state index < -0.39 is 18.0 Å². The number of carboxylic acid groups (broad SMARTS) is 1. The van der Waals surface area contributed by atoms with Crippen LogP contribution in [0.5, 0.6) is 5.75 Å². The average Bonchev–Trinajstić information content (AvgIpc) is 3.00. The zero-order chi connectivity index (χ0) is 16.8. The number of aryl methyl sites for hydroxylation is 1. The molecule has 7 nitrogen and oxygen atoms in total. The number of furan rings is 1. The molecule has 0 unspecified atom stereocenters. The number of para-hydroxylation sites is 1. The third-order valence-electron chi connectivity index (χ3n) is 3.10. The molecule has 0 aliphatic rings. The quantitative estimate of drug-likeness (QED) is 0.710. The van der Waals surface area contributed by atoms with Gasteiger partial charge in [0.05, 0.1) is 6.54 Å². The normalized spacial score (nSPS) is 11.7. The first-order chi connectivity index (χ1) is 11.0. The SMILES string of the molecule is Cc1ccccc1OC[C@H](O)C(=O)NCc1ccc(C(=O)O)o1. The number of aromatic carboxylic acids is 1. The molecule has 0 spiro atoms. The maximum atomic E-state index is 11.8. The fraction of sp³-hybridized carbons (Fsp3) is 0.250. The number of rotatable bonds is 7. The van der Waals surface area contributed by atoms with Crippen molar-refractivity contribution in [2.45, 2.75) is 19.6 Å². The first-order valence-corrected chi connectivity index (χ1v) is 6.93. The summed E-state index contributed by atoms with van der Waals surface area (Å²) in [6.07, 6.45) is -1.34. The molecule has 1 heterocycles. The lowest BCUT2D eigenvalue weighted by molar-refractivity contribution is -0.131. The van der Waals surface area contributed by atoms with Crippen LogP contribution < -0.4 is 10.1 Å². The lowest BCUT2D eigenvalue weighted by Gasteiger charge is -2.13. The summed E-state index contributed by atoms with van der Waals surface area (Å²) in [5, 5.41) is 21.0. The van der Waals surface area contributed by atoms with Gasteiger partial charge >= 0.3 is 5.97 Å². The number of amides is 1. The van der Waals surface area contributed by atoms with Gasteiger partial charge in [0.25, 0.3) is 5.91 Å². The number of carbonyl (C=O) groups excluding carboxylic acids is 1. The van der Waals surface area contributed by atoms with Gasteiger partial charge in [-0.2, -0.15) is 0 Å². The Kier molecular flexibility index (Phi) is 5.37. The standard InChI is InChI=1S/C16H17NO6/c1-10-4-2-3-5-13(10)22-9-12(18)15(19)17-8-11-6-7-14(23-11)16(20)21/h2-7,12,18H,8-9H2,1H3,(H,17,19)(H,20,21)/t12-/m0/s1. The summed E-state index contributed by atoms with van der Waals surface area (Å²) >= 11 is 0. The van der Waals surface area contributed by atoms with Crippen LogP contribution in [0.3, 0.4) is 0 Å². The monoisotopic (exact) mass is 319 g/mol. The number of benzene rings is 1. The van der Waals surface area contributed by atoms with Crippen molar-refractivity contribution in [1.29, 1.82) is 0 Å². The highest BCUT2D eigenvalue weighted by atomic mass is 16.5. The van der Waals surface area contributed by atoms with Gasteiger partial charge < -0.3 is 24.7 Å². The van der Waals surface area contributed by atoms with Gasteiger partial charge in [-0.25, -0.2) is 4.79 Å². The molecule has 0 aliphatic carbocycles. The van der Waals surface area contributed by atoms with Crippen LogP contribution in [0.1, 0.15) is 21.9 Å². The highest BCUT2D eigenvalue weighted by Crippen LogP contribution is 2.16. The molecular weight excluding hydrogens is 302 g/mol. The molecule has 23 heavy (non-hydrogen) atoms. The average molecular weight is 319 g/mol. The first kappa shape index (κ1) is 16.6. The zero-order valence-corrected chi connectivity index (χ0v) is 12.5. The second-order valence-electron chi connectivity index (χ2n) is 4.88.